The minimum Gasteiger partial charge on any atom is -0.464 e. The van der Waals surface area contributed by atoms with E-state index in [0.717, 1.165) is 0 Å². The third kappa shape index (κ3) is 2.92. The largest absolute Gasteiger partial charge is 0.464 e. The van der Waals surface area contributed by atoms with Gasteiger partial charge < -0.3 is 15.0 Å². The lowest BCUT2D eigenvalue weighted by Gasteiger charge is -2.04. The molecular formula is C12H10ClN3O3. The summed E-state index contributed by atoms with van der Waals surface area (Å²) in [6.45, 7) is 0. The van der Waals surface area contributed by atoms with Gasteiger partial charge in [-0.15, -0.1) is 0 Å². The summed E-state index contributed by atoms with van der Waals surface area (Å²) in [7, 11) is 1.23. The van der Waals surface area contributed by atoms with Crippen molar-refractivity contribution < 1.29 is 14.3 Å². The lowest BCUT2D eigenvalue weighted by Crippen LogP contribution is -2.17. The molecule has 6 nitrogen and oxygen atoms in total. The van der Waals surface area contributed by atoms with E-state index in [0.29, 0.717) is 10.7 Å². The summed E-state index contributed by atoms with van der Waals surface area (Å²) in [5.74, 6) is -1.16. The molecule has 0 saturated carbocycles. The average molecular weight is 280 g/mol. The van der Waals surface area contributed by atoms with Crippen LogP contribution in [-0.4, -0.2) is 29.0 Å². The first-order chi connectivity index (χ1) is 9.11. The SMILES string of the molecule is COC(=O)c1[nH]cnc1C(=O)Nc1ccc(Cl)cc1. The van der Waals surface area contributed by atoms with Crippen LogP contribution in [0.5, 0.6) is 0 Å². The Morgan fingerprint density at radius 3 is 2.63 bits per heavy atom. The zero-order valence-electron chi connectivity index (χ0n) is 9.94. The molecule has 1 aromatic heterocycles. The van der Waals surface area contributed by atoms with E-state index in [-0.39, 0.29) is 11.4 Å². The number of hydrogen-bond donors (Lipinski definition) is 2. The molecule has 0 spiro atoms. The number of rotatable bonds is 3. The Bertz CT molecular complexity index is 607. The Hall–Kier alpha value is -2.34. The van der Waals surface area contributed by atoms with Crippen molar-refractivity contribution in [3.8, 4) is 0 Å². The van der Waals surface area contributed by atoms with Gasteiger partial charge in [-0.25, -0.2) is 9.78 Å². The monoisotopic (exact) mass is 279 g/mol. The van der Waals surface area contributed by atoms with Gasteiger partial charge in [-0.2, -0.15) is 0 Å². The van der Waals surface area contributed by atoms with Crippen LogP contribution in [0.1, 0.15) is 21.0 Å². The second kappa shape index (κ2) is 5.53. The quantitative estimate of drug-likeness (QED) is 0.843. The Morgan fingerprint density at radius 1 is 1.32 bits per heavy atom. The van der Waals surface area contributed by atoms with Crippen LogP contribution >= 0.6 is 11.6 Å². The van der Waals surface area contributed by atoms with E-state index in [1.165, 1.54) is 13.4 Å². The molecule has 0 bridgehead atoms. The van der Waals surface area contributed by atoms with Gasteiger partial charge in [0.1, 0.15) is 0 Å². The highest BCUT2D eigenvalue weighted by Gasteiger charge is 2.20. The highest BCUT2D eigenvalue weighted by Crippen LogP contribution is 2.15. The van der Waals surface area contributed by atoms with E-state index >= 15 is 0 Å². The van der Waals surface area contributed by atoms with Gasteiger partial charge in [0.25, 0.3) is 5.91 Å². The summed E-state index contributed by atoms with van der Waals surface area (Å²) in [6, 6.07) is 6.57. The van der Waals surface area contributed by atoms with Crippen molar-refractivity contribution in [1.82, 2.24) is 9.97 Å². The molecule has 2 rings (SSSR count). The summed E-state index contributed by atoms with van der Waals surface area (Å²) in [5, 5.41) is 3.17. The van der Waals surface area contributed by atoms with Gasteiger partial charge in [-0.1, -0.05) is 11.6 Å². The fourth-order valence-corrected chi connectivity index (χ4v) is 1.57. The zero-order chi connectivity index (χ0) is 13.8. The Balaban J connectivity index is 2.18. The maximum absolute atomic E-state index is 12.0. The van der Waals surface area contributed by atoms with E-state index in [1.807, 2.05) is 0 Å². The second-order valence-electron chi connectivity index (χ2n) is 3.58. The smallest absolute Gasteiger partial charge is 0.356 e. The molecule has 0 aliphatic rings. The molecule has 1 heterocycles. The Morgan fingerprint density at radius 2 is 2.00 bits per heavy atom. The number of esters is 1. The lowest BCUT2D eigenvalue weighted by atomic mass is 10.2. The number of nitrogens with zero attached hydrogens (tertiary/aromatic N) is 1. The summed E-state index contributed by atoms with van der Waals surface area (Å²) >= 11 is 5.74. The van der Waals surface area contributed by atoms with Crippen LogP contribution in [0, 0.1) is 0 Å². The summed E-state index contributed by atoms with van der Waals surface area (Å²) in [4.78, 5) is 29.7. The molecule has 0 fully saturated rings. The second-order valence-corrected chi connectivity index (χ2v) is 4.02. The van der Waals surface area contributed by atoms with Crippen molar-refractivity contribution in [2.75, 3.05) is 12.4 Å². The molecule has 1 amide bonds. The third-order valence-electron chi connectivity index (χ3n) is 2.35. The topological polar surface area (TPSA) is 84.1 Å². The van der Waals surface area contributed by atoms with Gasteiger partial charge in [0.15, 0.2) is 11.4 Å². The number of methoxy groups -OCH3 is 1. The molecule has 0 unspecified atom stereocenters. The number of carbonyl (C=O) groups is 2. The van der Waals surface area contributed by atoms with Gasteiger partial charge in [-0.3, -0.25) is 4.79 Å². The first kappa shape index (κ1) is 13.1. The van der Waals surface area contributed by atoms with Crippen molar-refractivity contribution >= 4 is 29.2 Å². The molecule has 98 valence electrons. The third-order valence-corrected chi connectivity index (χ3v) is 2.60. The molecule has 7 heteroatoms. The number of H-pyrrole nitrogens is 1. The minimum absolute atomic E-state index is 0.00830. The highest BCUT2D eigenvalue weighted by molar-refractivity contribution is 6.30. The molecule has 0 atom stereocenters. The number of ether oxygens (including phenoxy) is 1. The predicted octanol–water partition coefficient (Wildman–Crippen LogP) is 2.10. The normalized spacial score (nSPS) is 10.0. The number of hydrogen-bond acceptors (Lipinski definition) is 4. The van der Waals surface area contributed by atoms with E-state index in [2.05, 4.69) is 20.0 Å². The van der Waals surface area contributed by atoms with Crippen LogP contribution < -0.4 is 5.32 Å². The summed E-state index contributed by atoms with van der Waals surface area (Å²) < 4.78 is 4.54. The predicted molar refractivity (Wildman–Crippen MR) is 69.3 cm³/mol. The fraction of sp³-hybridized carbons (Fsp3) is 0.0833. The summed E-state index contributed by atoms with van der Waals surface area (Å²) in [6.07, 6.45) is 1.25. The molecule has 0 aliphatic carbocycles. The maximum atomic E-state index is 12.0. The first-order valence-electron chi connectivity index (χ1n) is 5.30. The molecule has 2 N–H and O–H groups in total. The molecule has 19 heavy (non-hydrogen) atoms. The molecular weight excluding hydrogens is 270 g/mol. The lowest BCUT2D eigenvalue weighted by molar-refractivity contribution is 0.0591. The fourth-order valence-electron chi connectivity index (χ4n) is 1.45. The van der Waals surface area contributed by atoms with Crippen LogP contribution in [0.2, 0.25) is 5.02 Å². The van der Waals surface area contributed by atoms with E-state index in [9.17, 15) is 9.59 Å². The van der Waals surface area contributed by atoms with Crippen LogP contribution in [0.3, 0.4) is 0 Å². The van der Waals surface area contributed by atoms with Gasteiger partial charge >= 0.3 is 5.97 Å². The average Bonchev–Trinajstić information content (AvgIpc) is 2.90. The molecule has 1 aromatic carbocycles. The van der Waals surface area contributed by atoms with Crippen molar-refractivity contribution in [3.05, 3.63) is 47.0 Å². The van der Waals surface area contributed by atoms with E-state index in [1.54, 1.807) is 24.3 Å². The number of anilines is 1. The maximum Gasteiger partial charge on any atom is 0.356 e. The van der Waals surface area contributed by atoms with Crippen molar-refractivity contribution in [2.45, 2.75) is 0 Å². The standard InChI is InChI=1S/C12H10ClN3O3/c1-19-12(18)10-9(14-6-15-10)11(17)16-8-4-2-7(13)3-5-8/h2-6H,1H3,(H,14,15)(H,16,17). The molecule has 0 aliphatic heterocycles. The van der Waals surface area contributed by atoms with E-state index < -0.39 is 11.9 Å². The van der Waals surface area contributed by atoms with Crippen molar-refractivity contribution in [1.29, 1.82) is 0 Å². The van der Waals surface area contributed by atoms with Crippen molar-refractivity contribution in [3.63, 3.8) is 0 Å². The molecule has 0 radical (unpaired) electrons. The van der Waals surface area contributed by atoms with Crippen LogP contribution in [0.25, 0.3) is 0 Å². The number of aromatic amines is 1. The van der Waals surface area contributed by atoms with Gasteiger partial charge in [0.2, 0.25) is 0 Å². The first-order valence-corrected chi connectivity index (χ1v) is 5.68. The van der Waals surface area contributed by atoms with Crippen molar-refractivity contribution in [2.24, 2.45) is 0 Å². The number of amides is 1. The van der Waals surface area contributed by atoms with Gasteiger partial charge in [-0.05, 0) is 24.3 Å². The number of nitrogens with one attached hydrogen (secondary N) is 2. The van der Waals surface area contributed by atoms with Crippen LogP contribution in [-0.2, 0) is 4.74 Å². The summed E-state index contributed by atoms with van der Waals surface area (Å²) in [5.41, 5.74) is 0.531. The van der Waals surface area contributed by atoms with Crippen LogP contribution in [0.15, 0.2) is 30.6 Å². The Kier molecular flexibility index (Phi) is 3.82. The van der Waals surface area contributed by atoms with E-state index in [4.69, 9.17) is 11.6 Å². The van der Waals surface area contributed by atoms with Gasteiger partial charge in [0, 0.05) is 10.7 Å². The molecule has 0 saturated heterocycles. The zero-order valence-corrected chi connectivity index (χ0v) is 10.7. The van der Waals surface area contributed by atoms with Crippen LogP contribution in [0.4, 0.5) is 5.69 Å². The molecule has 2 aromatic rings. The Labute approximate surface area is 113 Å². The number of halogens is 1. The minimum atomic E-state index is -0.654. The number of imidazole rings is 1. The number of carbonyl (C=O) groups excluding carboxylic acids is 2. The highest BCUT2D eigenvalue weighted by atomic mass is 35.5. The number of benzene rings is 1. The number of aromatic nitrogens is 2. The van der Waals surface area contributed by atoms with Gasteiger partial charge in [0.05, 0.1) is 13.4 Å².